The summed E-state index contributed by atoms with van der Waals surface area (Å²) in [4.78, 5) is 20.5. The SMILES string of the molecule is CC(=Cc1ccccc1)C=C1SC(=Nc2ccc(C)cc2)N(c2ccc(C)cc2)C1=O. The highest BCUT2D eigenvalue weighted by Crippen LogP contribution is 2.37. The van der Waals surface area contributed by atoms with Crippen molar-refractivity contribution in [1.82, 2.24) is 0 Å². The molecule has 3 aromatic carbocycles. The van der Waals surface area contributed by atoms with Crippen molar-refractivity contribution in [3.8, 4) is 0 Å². The van der Waals surface area contributed by atoms with Crippen LogP contribution in [0.2, 0.25) is 0 Å². The standard InChI is InChI=1S/C27H24N2OS/c1-19-9-13-23(14-10-19)28-27-29(24-15-11-20(2)12-16-24)26(30)25(31-27)18-21(3)17-22-7-5-4-6-8-22/h4-18H,1-3H3. The molecule has 0 aromatic heterocycles. The molecule has 0 spiro atoms. The lowest BCUT2D eigenvalue weighted by Crippen LogP contribution is -2.28. The Balaban J connectivity index is 1.72. The molecule has 0 saturated carbocycles. The van der Waals surface area contributed by atoms with Gasteiger partial charge in [-0.1, -0.05) is 71.8 Å². The van der Waals surface area contributed by atoms with Gasteiger partial charge in [0.2, 0.25) is 0 Å². The third kappa shape index (κ3) is 5.04. The zero-order chi connectivity index (χ0) is 21.8. The minimum Gasteiger partial charge on any atom is -0.268 e. The lowest BCUT2D eigenvalue weighted by atomic mass is 10.1. The minimum absolute atomic E-state index is 0.0551. The molecular formula is C27H24N2OS. The molecule has 0 aliphatic carbocycles. The van der Waals surface area contributed by atoms with Crippen molar-refractivity contribution < 1.29 is 4.79 Å². The molecule has 3 nitrogen and oxygen atoms in total. The number of nitrogens with zero attached hydrogens (tertiary/aromatic N) is 2. The summed E-state index contributed by atoms with van der Waals surface area (Å²) in [7, 11) is 0. The molecule has 0 bridgehead atoms. The Bertz CT molecular complexity index is 1170. The first kappa shape index (κ1) is 20.9. The number of amides is 1. The van der Waals surface area contributed by atoms with Gasteiger partial charge in [0.05, 0.1) is 16.3 Å². The van der Waals surface area contributed by atoms with Gasteiger partial charge in [0, 0.05) is 0 Å². The highest BCUT2D eigenvalue weighted by atomic mass is 32.2. The van der Waals surface area contributed by atoms with Crippen molar-refractivity contribution in [3.05, 3.63) is 112 Å². The predicted octanol–water partition coefficient (Wildman–Crippen LogP) is 7.06. The Hall–Kier alpha value is -3.37. The van der Waals surface area contributed by atoms with E-state index in [4.69, 9.17) is 4.99 Å². The summed E-state index contributed by atoms with van der Waals surface area (Å²) < 4.78 is 0. The Labute approximate surface area is 187 Å². The number of anilines is 1. The number of amidine groups is 1. The van der Waals surface area contributed by atoms with Crippen molar-refractivity contribution in [3.63, 3.8) is 0 Å². The number of carbonyl (C=O) groups is 1. The molecular weight excluding hydrogens is 400 g/mol. The van der Waals surface area contributed by atoms with Crippen molar-refractivity contribution in [2.75, 3.05) is 4.90 Å². The summed E-state index contributed by atoms with van der Waals surface area (Å²) >= 11 is 1.41. The van der Waals surface area contributed by atoms with Crippen LogP contribution in [0.4, 0.5) is 11.4 Å². The molecule has 31 heavy (non-hydrogen) atoms. The summed E-state index contributed by atoms with van der Waals surface area (Å²) in [5.41, 5.74) is 6.10. The first-order chi connectivity index (χ1) is 15.0. The topological polar surface area (TPSA) is 32.7 Å². The maximum Gasteiger partial charge on any atom is 0.271 e. The number of allylic oxidation sites excluding steroid dienone is 2. The fraction of sp³-hybridized carbons (Fsp3) is 0.111. The number of carbonyl (C=O) groups excluding carboxylic acids is 1. The summed E-state index contributed by atoms with van der Waals surface area (Å²) in [6.07, 6.45) is 4.02. The summed E-state index contributed by atoms with van der Waals surface area (Å²) in [6, 6.07) is 26.1. The Morgan fingerprint density at radius 1 is 0.871 bits per heavy atom. The van der Waals surface area contributed by atoms with Gasteiger partial charge in [0.25, 0.3) is 5.91 Å². The molecule has 0 N–H and O–H groups in total. The van der Waals surface area contributed by atoms with E-state index in [0.29, 0.717) is 10.1 Å². The predicted molar refractivity (Wildman–Crippen MR) is 133 cm³/mol. The van der Waals surface area contributed by atoms with Gasteiger partial charge in [-0.25, -0.2) is 4.99 Å². The Morgan fingerprint density at radius 3 is 2.13 bits per heavy atom. The minimum atomic E-state index is -0.0551. The van der Waals surface area contributed by atoms with E-state index >= 15 is 0 Å². The van der Waals surface area contributed by atoms with E-state index in [1.807, 2.05) is 93.6 Å². The van der Waals surface area contributed by atoms with Crippen LogP contribution < -0.4 is 4.90 Å². The van der Waals surface area contributed by atoms with Crippen LogP contribution in [0.3, 0.4) is 0 Å². The molecule has 4 rings (SSSR count). The molecule has 1 heterocycles. The van der Waals surface area contributed by atoms with Gasteiger partial charge in [0.15, 0.2) is 5.17 Å². The quantitative estimate of drug-likeness (QED) is 0.420. The Kier molecular flexibility index (Phi) is 6.19. The number of aryl methyl sites for hydroxylation is 2. The summed E-state index contributed by atoms with van der Waals surface area (Å²) in [6.45, 7) is 6.10. The van der Waals surface area contributed by atoms with E-state index in [-0.39, 0.29) is 5.91 Å². The lowest BCUT2D eigenvalue weighted by molar-refractivity contribution is -0.113. The third-order valence-corrected chi connectivity index (χ3v) is 5.88. The lowest BCUT2D eigenvalue weighted by Gasteiger charge is -2.16. The first-order valence-electron chi connectivity index (χ1n) is 10.2. The van der Waals surface area contributed by atoms with Crippen molar-refractivity contribution in [2.45, 2.75) is 20.8 Å². The highest BCUT2D eigenvalue weighted by molar-refractivity contribution is 8.19. The van der Waals surface area contributed by atoms with Gasteiger partial charge >= 0.3 is 0 Å². The molecule has 1 amide bonds. The van der Waals surface area contributed by atoms with Crippen LogP contribution >= 0.6 is 11.8 Å². The molecule has 4 heteroatoms. The maximum atomic E-state index is 13.4. The van der Waals surface area contributed by atoms with E-state index < -0.39 is 0 Å². The van der Waals surface area contributed by atoms with Crippen LogP contribution in [-0.2, 0) is 4.79 Å². The summed E-state index contributed by atoms with van der Waals surface area (Å²) in [5.74, 6) is -0.0551. The fourth-order valence-corrected chi connectivity index (χ4v) is 4.31. The van der Waals surface area contributed by atoms with Gasteiger partial charge in [-0.2, -0.15) is 0 Å². The maximum absolute atomic E-state index is 13.4. The van der Waals surface area contributed by atoms with Gasteiger partial charge in [-0.3, -0.25) is 9.69 Å². The second kappa shape index (κ2) is 9.19. The van der Waals surface area contributed by atoms with E-state index in [1.165, 1.54) is 17.3 Å². The monoisotopic (exact) mass is 424 g/mol. The molecule has 3 aromatic rings. The van der Waals surface area contributed by atoms with E-state index in [0.717, 1.165) is 28.1 Å². The first-order valence-corrected chi connectivity index (χ1v) is 11.0. The molecule has 0 unspecified atom stereocenters. The highest BCUT2D eigenvalue weighted by Gasteiger charge is 2.34. The molecule has 1 saturated heterocycles. The molecule has 1 fully saturated rings. The van der Waals surface area contributed by atoms with Crippen LogP contribution in [0.25, 0.3) is 6.08 Å². The van der Waals surface area contributed by atoms with Gasteiger partial charge in [-0.15, -0.1) is 0 Å². The number of aliphatic imine (C=N–C) groups is 1. The second-order valence-electron chi connectivity index (χ2n) is 7.62. The Morgan fingerprint density at radius 2 is 1.48 bits per heavy atom. The van der Waals surface area contributed by atoms with Gasteiger partial charge < -0.3 is 0 Å². The number of rotatable bonds is 4. The fourth-order valence-electron chi connectivity index (χ4n) is 3.26. The van der Waals surface area contributed by atoms with E-state index in [1.54, 1.807) is 4.90 Å². The van der Waals surface area contributed by atoms with Crippen molar-refractivity contribution in [2.24, 2.45) is 4.99 Å². The van der Waals surface area contributed by atoms with Crippen LogP contribution in [0, 0.1) is 13.8 Å². The largest absolute Gasteiger partial charge is 0.271 e. The van der Waals surface area contributed by atoms with Crippen LogP contribution in [-0.4, -0.2) is 11.1 Å². The molecule has 0 radical (unpaired) electrons. The van der Waals surface area contributed by atoms with Crippen LogP contribution in [0.5, 0.6) is 0 Å². The third-order valence-electron chi connectivity index (χ3n) is 4.91. The second-order valence-corrected chi connectivity index (χ2v) is 8.62. The van der Waals surface area contributed by atoms with Crippen molar-refractivity contribution >= 4 is 40.3 Å². The molecule has 1 aliphatic rings. The average Bonchev–Trinajstić information content (AvgIpc) is 3.05. The van der Waals surface area contributed by atoms with Gasteiger partial charge in [0.1, 0.15) is 0 Å². The van der Waals surface area contributed by atoms with E-state index in [2.05, 4.69) is 18.2 Å². The summed E-state index contributed by atoms with van der Waals surface area (Å²) in [5, 5.41) is 0.663. The molecule has 1 aliphatic heterocycles. The van der Waals surface area contributed by atoms with Crippen LogP contribution in [0.1, 0.15) is 23.6 Å². The smallest absolute Gasteiger partial charge is 0.268 e. The average molecular weight is 425 g/mol. The number of benzene rings is 3. The van der Waals surface area contributed by atoms with Crippen LogP contribution in [0.15, 0.2) is 100 Å². The van der Waals surface area contributed by atoms with Gasteiger partial charge in [-0.05, 0) is 74.0 Å². The molecule has 0 atom stereocenters. The molecule has 154 valence electrons. The normalized spacial score (nSPS) is 17.1. The number of hydrogen-bond donors (Lipinski definition) is 0. The zero-order valence-electron chi connectivity index (χ0n) is 17.9. The number of hydrogen-bond acceptors (Lipinski definition) is 3. The van der Waals surface area contributed by atoms with E-state index in [9.17, 15) is 4.79 Å². The zero-order valence-corrected chi connectivity index (χ0v) is 18.7. The van der Waals surface area contributed by atoms with Crippen molar-refractivity contribution in [1.29, 1.82) is 0 Å². The number of thioether (sulfide) groups is 1.